The van der Waals surface area contributed by atoms with Gasteiger partial charge >= 0.3 is 0 Å². The predicted molar refractivity (Wildman–Crippen MR) is 82.4 cm³/mol. The average molecular weight is 328 g/mol. The van der Waals surface area contributed by atoms with Gasteiger partial charge in [0, 0.05) is 26.7 Å². The predicted octanol–water partition coefficient (Wildman–Crippen LogP) is 0.368. The van der Waals surface area contributed by atoms with Crippen LogP contribution >= 0.6 is 11.3 Å². The maximum atomic E-state index is 11.7. The molecule has 0 fully saturated rings. The first kappa shape index (κ1) is 15.8. The molecule has 2 aromatic heterocycles. The molecule has 0 aliphatic heterocycles. The Labute approximate surface area is 127 Å². The third-order valence-electron chi connectivity index (χ3n) is 2.73. The van der Waals surface area contributed by atoms with Crippen LogP contribution in [-0.4, -0.2) is 43.1 Å². The van der Waals surface area contributed by atoms with E-state index in [1.807, 2.05) is 17.5 Å². The molecule has 0 aliphatic carbocycles. The van der Waals surface area contributed by atoms with Crippen molar-refractivity contribution in [3.05, 3.63) is 40.0 Å². The first-order valence-electron chi connectivity index (χ1n) is 6.19. The lowest BCUT2D eigenvalue weighted by Gasteiger charge is -2.12. The van der Waals surface area contributed by atoms with E-state index in [4.69, 9.17) is 0 Å². The van der Waals surface area contributed by atoms with Crippen molar-refractivity contribution in [3.8, 4) is 10.6 Å². The summed E-state index contributed by atoms with van der Waals surface area (Å²) in [5.41, 5.74) is 0.430. The Kier molecular flexibility index (Phi) is 4.88. The van der Waals surface area contributed by atoms with E-state index < -0.39 is 10.2 Å². The van der Waals surface area contributed by atoms with E-state index in [1.165, 1.54) is 36.2 Å². The maximum absolute atomic E-state index is 11.7. The molecule has 0 bridgehead atoms. The quantitative estimate of drug-likeness (QED) is 0.830. The highest BCUT2D eigenvalue weighted by molar-refractivity contribution is 7.87. The molecule has 114 valence electrons. The number of thiophene rings is 1. The molecule has 0 amide bonds. The first-order chi connectivity index (χ1) is 9.90. The summed E-state index contributed by atoms with van der Waals surface area (Å²) in [4.78, 5) is 12.7. The van der Waals surface area contributed by atoms with Crippen LogP contribution in [0.2, 0.25) is 0 Å². The maximum Gasteiger partial charge on any atom is 0.278 e. The standard InChI is InChI=1S/C12H16N4O3S2/c1-15(2)21(18,19)13-7-8-16-12(17)6-5-10(14-16)11-4-3-9-20-11/h3-6,9,13H,7-8H2,1-2H3. The highest BCUT2D eigenvalue weighted by Gasteiger charge is 2.12. The zero-order chi connectivity index (χ0) is 15.5. The molecule has 0 radical (unpaired) electrons. The molecule has 2 rings (SSSR count). The molecule has 0 aromatic carbocycles. The van der Waals surface area contributed by atoms with E-state index in [1.54, 1.807) is 6.07 Å². The molecular formula is C12H16N4O3S2. The van der Waals surface area contributed by atoms with Crippen LogP contribution in [0.15, 0.2) is 34.4 Å². The molecule has 0 atom stereocenters. The molecule has 21 heavy (non-hydrogen) atoms. The van der Waals surface area contributed by atoms with E-state index in [0.717, 1.165) is 9.18 Å². The van der Waals surface area contributed by atoms with Crippen LogP contribution in [0.5, 0.6) is 0 Å². The lowest BCUT2D eigenvalue weighted by atomic mass is 10.3. The molecular weight excluding hydrogens is 312 g/mol. The number of hydrogen-bond donors (Lipinski definition) is 1. The summed E-state index contributed by atoms with van der Waals surface area (Å²) in [6.45, 7) is 0.270. The summed E-state index contributed by atoms with van der Waals surface area (Å²) < 4.78 is 27.9. The van der Waals surface area contributed by atoms with E-state index in [2.05, 4.69) is 9.82 Å². The summed E-state index contributed by atoms with van der Waals surface area (Å²) in [7, 11) is -0.623. The minimum atomic E-state index is -3.49. The van der Waals surface area contributed by atoms with Crippen molar-refractivity contribution in [2.45, 2.75) is 6.54 Å². The van der Waals surface area contributed by atoms with E-state index in [0.29, 0.717) is 5.69 Å². The number of rotatable bonds is 6. The van der Waals surface area contributed by atoms with Crippen molar-refractivity contribution < 1.29 is 8.42 Å². The van der Waals surface area contributed by atoms with Gasteiger partial charge in [-0.05, 0) is 17.5 Å². The fraction of sp³-hybridized carbons (Fsp3) is 0.333. The summed E-state index contributed by atoms with van der Waals surface area (Å²) in [6, 6.07) is 6.91. The number of nitrogens with zero attached hydrogens (tertiary/aromatic N) is 3. The van der Waals surface area contributed by atoms with E-state index in [-0.39, 0.29) is 18.6 Å². The molecule has 0 unspecified atom stereocenters. The van der Waals surface area contributed by atoms with Gasteiger partial charge in [-0.1, -0.05) is 6.07 Å². The molecule has 7 nitrogen and oxygen atoms in total. The van der Waals surface area contributed by atoms with E-state index in [9.17, 15) is 13.2 Å². The Morgan fingerprint density at radius 1 is 1.33 bits per heavy atom. The van der Waals surface area contributed by atoms with Crippen LogP contribution < -0.4 is 10.3 Å². The van der Waals surface area contributed by atoms with Gasteiger partial charge in [0.1, 0.15) is 5.69 Å². The van der Waals surface area contributed by atoms with Gasteiger partial charge in [-0.2, -0.15) is 17.8 Å². The summed E-state index contributed by atoms with van der Waals surface area (Å²) in [6.07, 6.45) is 0. The van der Waals surface area contributed by atoms with Crippen LogP contribution in [0.25, 0.3) is 10.6 Å². The van der Waals surface area contributed by atoms with Gasteiger partial charge in [0.15, 0.2) is 0 Å². The molecule has 0 saturated heterocycles. The van der Waals surface area contributed by atoms with Gasteiger partial charge in [-0.3, -0.25) is 4.79 Å². The Hall–Kier alpha value is -1.55. The lowest BCUT2D eigenvalue weighted by Crippen LogP contribution is -2.38. The fourth-order valence-electron chi connectivity index (χ4n) is 1.57. The Balaban J connectivity index is 2.10. The topological polar surface area (TPSA) is 84.3 Å². The lowest BCUT2D eigenvalue weighted by molar-refractivity contribution is 0.494. The summed E-state index contributed by atoms with van der Waals surface area (Å²) >= 11 is 1.53. The summed E-state index contributed by atoms with van der Waals surface area (Å²) in [5.74, 6) is 0. The minimum absolute atomic E-state index is 0.0985. The second-order valence-corrected chi connectivity index (χ2v) is 7.36. The second-order valence-electron chi connectivity index (χ2n) is 4.44. The van der Waals surface area contributed by atoms with Crippen molar-refractivity contribution in [1.82, 2.24) is 18.8 Å². The van der Waals surface area contributed by atoms with Crippen LogP contribution in [-0.2, 0) is 16.8 Å². The fourth-order valence-corrected chi connectivity index (χ4v) is 2.87. The van der Waals surface area contributed by atoms with Crippen molar-refractivity contribution in [1.29, 1.82) is 0 Å². The smallest absolute Gasteiger partial charge is 0.268 e. The van der Waals surface area contributed by atoms with Crippen molar-refractivity contribution in [2.75, 3.05) is 20.6 Å². The molecule has 2 aromatic rings. The zero-order valence-corrected chi connectivity index (χ0v) is 13.3. The van der Waals surface area contributed by atoms with Gasteiger partial charge < -0.3 is 0 Å². The van der Waals surface area contributed by atoms with Gasteiger partial charge in [-0.15, -0.1) is 11.3 Å². The van der Waals surface area contributed by atoms with Gasteiger partial charge in [0.2, 0.25) is 0 Å². The molecule has 0 aliphatic rings. The number of hydrogen-bond acceptors (Lipinski definition) is 5. The first-order valence-corrected chi connectivity index (χ1v) is 8.51. The van der Waals surface area contributed by atoms with Crippen molar-refractivity contribution >= 4 is 21.5 Å². The minimum Gasteiger partial charge on any atom is -0.268 e. The van der Waals surface area contributed by atoms with Crippen LogP contribution in [0.3, 0.4) is 0 Å². The molecule has 0 spiro atoms. The molecule has 2 heterocycles. The van der Waals surface area contributed by atoms with Crippen molar-refractivity contribution in [2.24, 2.45) is 0 Å². The largest absolute Gasteiger partial charge is 0.278 e. The normalized spacial score (nSPS) is 12.0. The van der Waals surface area contributed by atoms with E-state index >= 15 is 0 Å². The third-order valence-corrected chi connectivity index (χ3v) is 5.15. The number of nitrogens with one attached hydrogen (secondary N) is 1. The average Bonchev–Trinajstić information content (AvgIpc) is 2.94. The molecule has 0 saturated carbocycles. The van der Waals surface area contributed by atoms with Gasteiger partial charge in [0.25, 0.3) is 15.8 Å². The Morgan fingerprint density at radius 2 is 2.10 bits per heavy atom. The summed E-state index contributed by atoms with van der Waals surface area (Å²) in [5, 5.41) is 6.17. The SMILES string of the molecule is CN(C)S(=O)(=O)NCCn1nc(-c2cccs2)ccc1=O. The van der Waals surface area contributed by atoms with Crippen LogP contribution in [0, 0.1) is 0 Å². The number of aromatic nitrogens is 2. The highest BCUT2D eigenvalue weighted by Crippen LogP contribution is 2.20. The second kappa shape index (κ2) is 6.48. The Bertz CT molecular complexity index is 751. The zero-order valence-electron chi connectivity index (χ0n) is 11.7. The van der Waals surface area contributed by atoms with Crippen LogP contribution in [0.4, 0.5) is 0 Å². The monoisotopic (exact) mass is 328 g/mol. The van der Waals surface area contributed by atoms with Crippen LogP contribution in [0.1, 0.15) is 0 Å². The highest BCUT2D eigenvalue weighted by atomic mass is 32.2. The third kappa shape index (κ3) is 3.97. The molecule has 9 heteroatoms. The molecule has 1 N–H and O–H groups in total. The Morgan fingerprint density at radius 3 is 2.71 bits per heavy atom. The van der Waals surface area contributed by atoms with Gasteiger partial charge in [0.05, 0.1) is 11.4 Å². The van der Waals surface area contributed by atoms with Gasteiger partial charge in [-0.25, -0.2) is 9.40 Å². The van der Waals surface area contributed by atoms with Crippen molar-refractivity contribution in [3.63, 3.8) is 0 Å².